The highest BCUT2D eigenvalue weighted by Crippen LogP contribution is 2.21. The van der Waals surface area contributed by atoms with E-state index < -0.39 is 5.91 Å². The van der Waals surface area contributed by atoms with E-state index in [9.17, 15) is 9.59 Å². The number of carbonyl (C=O) groups is 2. The van der Waals surface area contributed by atoms with Gasteiger partial charge in [0.1, 0.15) is 5.56 Å². The smallest absolute Gasteiger partial charge is 0.271 e. The summed E-state index contributed by atoms with van der Waals surface area (Å²) in [6.45, 7) is 3.86. The number of hydrogen-bond acceptors (Lipinski definition) is 6. The molecule has 9 heteroatoms. The Hall–Kier alpha value is -2.97. The lowest BCUT2D eigenvalue weighted by molar-refractivity contribution is 0.0955. The first kappa shape index (κ1) is 17.4. The minimum atomic E-state index is -0.420. The number of nitrogens with one attached hydrogen (secondary N) is 2. The largest absolute Gasteiger partial charge is 0.479 e. The van der Waals surface area contributed by atoms with Crippen LogP contribution in [0.1, 0.15) is 49.0 Å². The van der Waals surface area contributed by atoms with E-state index in [0.29, 0.717) is 5.56 Å². The molecule has 0 radical (unpaired) electrons. The molecule has 2 aromatic rings. The summed E-state index contributed by atoms with van der Waals surface area (Å²) in [7, 11) is 4.65. The lowest BCUT2D eigenvalue weighted by atomic mass is 10.0. The first-order valence-corrected chi connectivity index (χ1v) is 7.36. The van der Waals surface area contributed by atoms with Gasteiger partial charge < -0.3 is 15.4 Å². The normalized spacial score (nSPS) is 10.6. The number of ether oxygens (including phenoxy) is 1. The molecule has 0 unspecified atom stereocenters. The van der Waals surface area contributed by atoms with Gasteiger partial charge in [0.2, 0.25) is 5.88 Å². The molecule has 132 valence electrons. The molecule has 0 aliphatic carbocycles. The SMILES string of the molecule is CNC(=O)c1nnc(NC(=O)c2cn(C)nc2OC)cc1C(C)C.[HH].[HH]. The molecule has 0 aliphatic heterocycles. The average Bonchev–Trinajstić information content (AvgIpc) is 2.95. The zero-order valence-corrected chi connectivity index (χ0v) is 14.2. The highest BCUT2D eigenvalue weighted by Gasteiger charge is 2.20. The van der Waals surface area contributed by atoms with Gasteiger partial charge in [-0.05, 0) is 17.5 Å². The van der Waals surface area contributed by atoms with Crippen LogP contribution >= 0.6 is 0 Å². The summed E-state index contributed by atoms with van der Waals surface area (Å²) < 4.78 is 6.55. The number of hydrogen-bond donors (Lipinski definition) is 2. The van der Waals surface area contributed by atoms with E-state index in [0.717, 1.165) is 0 Å². The zero-order chi connectivity index (χ0) is 17.9. The number of aromatic nitrogens is 4. The molecule has 2 rings (SSSR count). The van der Waals surface area contributed by atoms with Crippen molar-refractivity contribution in [2.75, 3.05) is 19.5 Å². The third-order valence-electron chi connectivity index (χ3n) is 3.36. The number of aryl methyl sites for hydroxylation is 1. The van der Waals surface area contributed by atoms with Crippen molar-refractivity contribution >= 4 is 17.6 Å². The summed E-state index contributed by atoms with van der Waals surface area (Å²) in [6, 6.07) is 1.64. The van der Waals surface area contributed by atoms with Gasteiger partial charge in [-0.25, -0.2) is 0 Å². The molecule has 9 nitrogen and oxygen atoms in total. The Bertz CT molecular complexity index is 779. The third kappa shape index (κ3) is 3.50. The quantitative estimate of drug-likeness (QED) is 0.855. The number of nitrogens with zero attached hydrogens (tertiary/aromatic N) is 4. The van der Waals surface area contributed by atoms with E-state index >= 15 is 0 Å². The van der Waals surface area contributed by atoms with Gasteiger partial charge in [-0.1, -0.05) is 13.8 Å². The lowest BCUT2D eigenvalue weighted by Crippen LogP contribution is -2.23. The molecule has 2 N–H and O–H groups in total. The Morgan fingerprint density at radius 2 is 2.00 bits per heavy atom. The molecule has 0 aromatic carbocycles. The first-order chi connectivity index (χ1) is 11.4. The molecule has 0 fully saturated rings. The summed E-state index contributed by atoms with van der Waals surface area (Å²) in [5, 5.41) is 17.0. The minimum absolute atomic E-state index is 0. The molecular weight excluding hydrogens is 312 g/mol. The summed E-state index contributed by atoms with van der Waals surface area (Å²) in [5.74, 6) is -0.234. The van der Waals surface area contributed by atoms with Gasteiger partial charge in [0.05, 0.1) is 7.11 Å². The van der Waals surface area contributed by atoms with E-state index in [1.807, 2.05) is 13.8 Å². The van der Waals surface area contributed by atoms with E-state index in [4.69, 9.17) is 4.74 Å². The highest BCUT2D eigenvalue weighted by molar-refractivity contribution is 6.05. The number of carbonyl (C=O) groups excluding carboxylic acids is 2. The monoisotopic (exact) mass is 336 g/mol. The van der Waals surface area contributed by atoms with Crippen LogP contribution in [0.25, 0.3) is 0 Å². The van der Waals surface area contributed by atoms with Crippen LogP contribution in [0, 0.1) is 0 Å². The molecule has 0 saturated heterocycles. The van der Waals surface area contributed by atoms with Crippen LogP contribution in [-0.2, 0) is 7.05 Å². The van der Waals surface area contributed by atoms with Crippen molar-refractivity contribution in [3.05, 3.63) is 29.1 Å². The standard InChI is InChI=1S/C15H20N6O3.2H2/c1-8(2)9-6-11(18-19-12(9)14(23)16-3)17-13(22)10-7-21(4)20-15(10)24-5;;/h6-8H,1-5H3,(H,16,23)(H,17,18,22);2*1H. The van der Waals surface area contributed by atoms with Gasteiger partial charge in [0, 0.05) is 23.1 Å². The second-order valence-corrected chi connectivity index (χ2v) is 5.45. The van der Waals surface area contributed by atoms with Crippen molar-refractivity contribution in [3.8, 4) is 5.88 Å². The zero-order valence-electron chi connectivity index (χ0n) is 14.2. The number of anilines is 1. The molecule has 0 saturated carbocycles. The van der Waals surface area contributed by atoms with E-state index in [1.165, 1.54) is 18.8 Å². The topological polar surface area (TPSA) is 111 Å². The summed E-state index contributed by atoms with van der Waals surface area (Å²) in [5.41, 5.74) is 1.21. The van der Waals surface area contributed by atoms with Gasteiger partial charge in [-0.15, -0.1) is 15.3 Å². The Balaban J connectivity index is 0.00000312. The van der Waals surface area contributed by atoms with Crippen molar-refractivity contribution in [1.82, 2.24) is 25.3 Å². The van der Waals surface area contributed by atoms with Gasteiger partial charge in [0.25, 0.3) is 11.8 Å². The maximum atomic E-state index is 12.4. The van der Waals surface area contributed by atoms with E-state index in [-0.39, 0.29) is 37.6 Å². The lowest BCUT2D eigenvalue weighted by Gasteiger charge is -2.12. The fourth-order valence-electron chi connectivity index (χ4n) is 2.16. The predicted molar refractivity (Wildman–Crippen MR) is 91.5 cm³/mol. The molecule has 0 bridgehead atoms. The van der Waals surface area contributed by atoms with Crippen LogP contribution in [0.4, 0.5) is 5.82 Å². The Kier molecular flexibility index (Phi) is 5.12. The van der Waals surface area contributed by atoms with Crippen molar-refractivity contribution in [3.63, 3.8) is 0 Å². The van der Waals surface area contributed by atoms with Crippen LogP contribution in [0.5, 0.6) is 5.88 Å². The highest BCUT2D eigenvalue weighted by atomic mass is 16.5. The number of methoxy groups -OCH3 is 1. The van der Waals surface area contributed by atoms with Crippen molar-refractivity contribution < 1.29 is 17.2 Å². The molecule has 0 spiro atoms. The molecule has 24 heavy (non-hydrogen) atoms. The number of amides is 2. The van der Waals surface area contributed by atoms with Crippen LogP contribution < -0.4 is 15.4 Å². The molecule has 2 aromatic heterocycles. The van der Waals surface area contributed by atoms with Crippen LogP contribution in [0.3, 0.4) is 0 Å². The third-order valence-corrected chi connectivity index (χ3v) is 3.36. The fourth-order valence-corrected chi connectivity index (χ4v) is 2.16. The Labute approximate surface area is 142 Å². The van der Waals surface area contributed by atoms with E-state index in [1.54, 1.807) is 19.3 Å². The second-order valence-electron chi connectivity index (χ2n) is 5.45. The van der Waals surface area contributed by atoms with Gasteiger partial charge in [-0.3, -0.25) is 14.3 Å². The predicted octanol–water partition coefficient (Wildman–Crippen LogP) is 1.45. The minimum Gasteiger partial charge on any atom is -0.479 e. The summed E-state index contributed by atoms with van der Waals surface area (Å²) >= 11 is 0. The second kappa shape index (κ2) is 7.07. The molecule has 0 aliphatic rings. The van der Waals surface area contributed by atoms with Gasteiger partial charge in [-0.2, -0.15) is 0 Å². The van der Waals surface area contributed by atoms with Crippen molar-refractivity contribution in [1.29, 1.82) is 0 Å². The van der Waals surface area contributed by atoms with Crippen LogP contribution in [0.2, 0.25) is 0 Å². The molecule has 2 amide bonds. The summed E-state index contributed by atoms with van der Waals surface area (Å²) in [6.07, 6.45) is 1.55. The fraction of sp³-hybridized carbons (Fsp3) is 0.400. The first-order valence-electron chi connectivity index (χ1n) is 7.36. The van der Waals surface area contributed by atoms with Gasteiger partial charge in [0.15, 0.2) is 11.5 Å². The average molecular weight is 336 g/mol. The van der Waals surface area contributed by atoms with Crippen LogP contribution in [-0.4, -0.2) is 45.9 Å². The maximum Gasteiger partial charge on any atom is 0.271 e. The van der Waals surface area contributed by atoms with Gasteiger partial charge >= 0.3 is 0 Å². The van der Waals surface area contributed by atoms with Crippen molar-refractivity contribution in [2.45, 2.75) is 19.8 Å². The number of rotatable bonds is 5. The molecule has 2 heterocycles. The Morgan fingerprint density at radius 1 is 1.29 bits per heavy atom. The van der Waals surface area contributed by atoms with Crippen molar-refractivity contribution in [2.24, 2.45) is 7.05 Å². The molecular formula is C15H24N6O3. The maximum absolute atomic E-state index is 12.4. The molecule has 0 atom stereocenters. The Morgan fingerprint density at radius 3 is 2.58 bits per heavy atom. The van der Waals surface area contributed by atoms with E-state index in [2.05, 4.69) is 25.9 Å². The summed E-state index contributed by atoms with van der Waals surface area (Å²) in [4.78, 5) is 24.2. The van der Waals surface area contributed by atoms with Crippen LogP contribution in [0.15, 0.2) is 12.3 Å².